The third-order valence-corrected chi connectivity index (χ3v) is 5.38. The molecule has 30 heavy (non-hydrogen) atoms. The number of thioether (sulfide) groups is 1. The Morgan fingerprint density at radius 1 is 1.13 bits per heavy atom. The maximum Gasteiger partial charge on any atom is 0.251 e. The van der Waals surface area contributed by atoms with Gasteiger partial charge in [0.25, 0.3) is 5.91 Å². The Morgan fingerprint density at radius 2 is 1.90 bits per heavy atom. The van der Waals surface area contributed by atoms with Crippen molar-refractivity contribution in [2.24, 2.45) is 4.99 Å². The monoisotopic (exact) mass is 430 g/mol. The second-order valence-electron chi connectivity index (χ2n) is 7.11. The minimum Gasteiger partial charge on any atom is -0.352 e. The summed E-state index contributed by atoms with van der Waals surface area (Å²) in [4.78, 5) is 16.6. The van der Waals surface area contributed by atoms with Gasteiger partial charge in [-0.2, -0.15) is 11.8 Å². The zero-order chi connectivity index (χ0) is 21.9. The lowest BCUT2D eigenvalue weighted by atomic mass is 10.1. The number of nitrogens with zero attached hydrogens (tertiary/aromatic N) is 1. The van der Waals surface area contributed by atoms with Gasteiger partial charge in [-0.15, -0.1) is 0 Å². The summed E-state index contributed by atoms with van der Waals surface area (Å²) in [6.45, 7) is 5.11. The summed E-state index contributed by atoms with van der Waals surface area (Å²) in [6.07, 6.45) is 2.89. The third kappa shape index (κ3) is 7.37. The Hall–Kier alpha value is -2.54. The summed E-state index contributed by atoms with van der Waals surface area (Å²) in [7, 11) is 1.71. The molecule has 0 aromatic heterocycles. The normalized spacial score (nSPS) is 12.4. The van der Waals surface area contributed by atoms with E-state index in [-0.39, 0.29) is 17.8 Å². The van der Waals surface area contributed by atoms with Gasteiger partial charge in [0.1, 0.15) is 5.82 Å². The van der Waals surface area contributed by atoms with Gasteiger partial charge in [-0.3, -0.25) is 9.79 Å². The molecule has 0 bridgehead atoms. The highest BCUT2D eigenvalue weighted by Gasteiger charge is 2.09. The van der Waals surface area contributed by atoms with Gasteiger partial charge in [0, 0.05) is 37.5 Å². The van der Waals surface area contributed by atoms with E-state index in [4.69, 9.17) is 0 Å². The third-order valence-electron chi connectivity index (χ3n) is 4.78. The van der Waals surface area contributed by atoms with Gasteiger partial charge in [-0.25, -0.2) is 4.39 Å². The number of nitrogens with one attached hydrogen (secondary N) is 3. The van der Waals surface area contributed by atoms with Gasteiger partial charge in [-0.05, 0) is 60.6 Å². The van der Waals surface area contributed by atoms with E-state index >= 15 is 0 Å². The van der Waals surface area contributed by atoms with Crippen LogP contribution in [0.4, 0.5) is 4.39 Å². The van der Waals surface area contributed by atoms with Crippen LogP contribution in [0.3, 0.4) is 0 Å². The summed E-state index contributed by atoms with van der Waals surface area (Å²) in [5, 5.41) is 9.52. The van der Waals surface area contributed by atoms with E-state index in [1.165, 1.54) is 6.07 Å². The molecule has 3 N–H and O–H groups in total. The first-order chi connectivity index (χ1) is 14.5. The highest BCUT2D eigenvalue weighted by atomic mass is 32.2. The summed E-state index contributed by atoms with van der Waals surface area (Å²) >= 11 is 1.66. The van der Waals surface area contributed by atoms with E-state index in [2.05, 4.69) is 20.9 Å². The first kappa shape index (κ1) is 23.7. The zero-order valence-corrected chi connectivity index (χ0v) is 18.9. The molecule has 162 valence electrons. The zero-order valence-electron chi connectivity index (χ0n) is 18.1. The van der Waals surface area contributed by atoms with E-state index in [1.807, 2.05) is 44.4 Å². The maximum absolute atomic E-state index is 13.5. The molecule has 1 unspecified atom stereocenters. The largest absolute Gasteiger partial charge is 0.352 e. The van der Waals surface area contributed by atoms with Crippen molar-refractivity contribution < 1.29 is 9.18 Å². The van der Waals surface area contributed by atoms with Crippen molar-refractivity contribution in [2.75, 3.05) is 13.3 Å². The maximum atomic E-state index is 13.5. The number of hydrogen-bond acceptors (Lipinski definition) is 3. The molecule has 0 fully saturated rings. The van der Waals surface area contributed by atoms with Gasteiger partial charge in [0.2, 0.25) is 0 Å². The smallest absolute Gasteiger partial charge is 0.251 e. The van der Waals surface area contributed by atoms with Gasteiger partial charge in [0.05, 0.1) is 0 Å². The van der Waals surface area contributed by atoms with E-state index in [9.17, 15) is 9.18 Å². The van der Waals surface area contributed by atoms with Crippen LogP contribution in [-0.2, 0) is 18.8 Å². The number of halogens is 1. The lowest BCUT2D eigenvalue weighted by molar-refractivity contribution is 0.0939. The summed E-state index contributed by atoms with van der Waals surface area (Å²) in [5.74, 6) is 1.12. The molecule has 0 heterocycles. The van der Waals surface area contributed by atoms with Crippen molar-refractivity contribution in [3.63, 3.8) is 0 Å². The molecule has 0 aliphatic heterocycles. The molecule has 0 radical (unpaired) electrons. The van der Waals surface area contributed by atoms with Crippen molar-refractivity contribution in [3.8, 4) is 0 Å². The number of guanidine groups is 1. The molecule has 2 aromatic rings. The van der Waals surface area contributed by atoms with Crippen LogP contribution in [0.5, 0.6) is 0 Å². The summed E-state index contributed by atoms with van der Waals surface area (Å²) < 4.78 is 13.5. The van der Waals surface area contributed by atoms with Crippen molar-refractivity contribution in [1.82, 2.24) is 16.0 Å². The molecule has 1 amide bonds. The van der Waals surface area contributed by atoms with Crippen LogP contribution < -0.4 is 16.0 Å². The highest BCUT2D eigenvalue weighted by Crippen LogP contribution is 2.16. The average Bonchev–Trinajstić information content (AvgIpc) is 2.75. The predicted molar refractivity (Wildman–Crippen MR) is 124 cm³/mol. The Morgan fingerprint density at radius 3 is 2.60 bits per heavy atom. The van der Waals surface area contributed by atoms with Crippen molar-refractivity contribution >= 4 is 23.6 Å². The molecule has 1 atom stereocenters. The van der Waals surface area contributed by atoms with Crippen LogP contribution in [0.2, 0.25) is 0 Å². The van der Waals surface area contributed by atoms with Gasteiger partial charge in [0.15, 0.2) is 5.96 Å². The molecule has 2 aromatic carbocycles. The van der Waals surface area contributed by atoms with Crippen LogP contribution in [-0.4, -0.2) is 31.2 Å². The second kappa shape index (κ2) is 12.2. The van der Waals surface area contributed by atoms with E-state index in [0.29, 0.717) is 24.6 Å². The molecule has 0 saturated heterocycles. The van der Waals surface area contributed by atoms with E-state index in [0.717, 1.165) is 28.9 Å². The number of benzene rings is 2. The lowest BCUT2D eigenvalue weighted by Gasteiger charge is -2.15. The van der Waals surface area contributed by atoms with E-state index < -0.39 is 0 Å². The minimum atomic E-state index is -0.220. The van der Waals surface area contributed by atoms with Crippen LogP contribution >= 0.6 is 11.8 Å². The minimum absolute atomic E-state index is 0.0636. The number of hydrogen-bond donors (Lipinski definition) is 3. The second-order valence-corrected chi connectivity index (χ2v) is 7.97. The number of carbonyl (C=O) groups excluding carboxylic acids is 1. The molecule has 0 saturated carbocycles. The summed E-state index contributed by atoms with van der Waals surface area (Å²) in [5.41, 5.74) is 3.65. The van der Waals surface area contributed by atoms with Crippen molar-refractivity contribution in [3.05, 3.63) is 70.5 Å². The molecular weight excluding hydrogens is 399 g/mol. The first-order valence-electron chi connectivity index (χ1n) is 10.1. The predicted octanol–water partition coefficient (Wildman–Crippen LogP) is 4.08. The van der Waals surface area contributed by atoms with Crippen LogP contribution in [0, 0.1) is 5.82 Å². The quantitative estimate of drug-likeness (QED) is 0.414. The Bertz CT molecular complexity index is 872. The van der Waals surface area contributed by atoms with Crippen LogP contribution in [0.25, 0.3) is 0 Å². The van der Waals surface area contributed by atoms with Gasteiger partial charge < -0.3 is 16.0 Å². The topological polar surface area (TPSA) is 65.5 Å². The first-order valence-corrected chi connectivity index (χ1v) is 11.5. The molecule has 0 aliphatic carbocycles. The Balaban J connectivity index is 1.95. The van der Waals surface area contributed by atoms with Crippen molar-refractivity contribution in [2.45, 2.75) is 45.2 Å². The molecule has 5 nitrogen and oxygen atoms in total. The average molecular weight is 431 g/mol. The highest BCUT2D eigenvalue weighted by molar-refractivity contribution is 7.97. The lowest BCUT2D eigenvalue weighted by Crippen LogP contribution is -2.36. The van der Waals surface area contributed by atoms with Crippen LogP contribution in [0.15, 0.2) is 47.5 Å². The summed E-state index contributed by atoms with van der Waals surface area (Å²) in [6, 6.07) is 12.6. The van der Waals surface area contributed by atoms with E-state index in [1.54, 1.807) is 30.9 Å². The van der Waals surface area contributed by atoms with Gasteiger partial charge >= 0.3 is 0 Å². The number of carbonyl (C=O) groups is 1. The Labute approximate surface area is 182 Å². The SMILES string of the molecule is CCC(C)NC(=O)c1cccc(CNC(=NC)NCc2ccc(F)cc2CSC)c1. The molecule has 2 rings (SSSR count). The molecule has 0 spiro atoms. The standard InChI is InChI=1S/C23H31FN4OS/c1-5-16(2)28-22(29)18-8-6-7-17(11-18)13-26-23(25-3)27-14-19-9-10-21(24)12-20(19)15-30-4/h6-12,16H,5,13-15H2,1-4H3,(H,28,29)(H2,25,26,27). The molecule has 0 aliphatic rings. The molecular formula is C23H31FN4OS. The number of aliphatic imine (C=N–C) groups is 1. The van der Waals surface area contributed by atoms with Crippen molar-refractivity contribution in [1.29, 1.82) is 0 Å². The Kier molecular flexibility index (Phi) is 9.67. The number of amides is 1. The van der Waals surface area contributed by atoms with Gasteiger partial charge in [-0.1, -0.05) is 25.1 Å². The van der Waals surface area contributed by atoms with Crippen LogP contribution in [0.1, 0.15) is 47.3 Å². The molecule has 7 heteroatoms. The fraction of sp³-hybridized carbons (Fsp3) is 0.391. The fourth-order valence-electron chi connectivity index (χ4n) is 2.87. The fourth-order valence-corrected chi connectivity index (χ4v) is 3.45. The number of rotatable bonds is 9.